The van der Waals surface area contributed by atoms with Gasteiger partial charge in [0.05, 0.1) is 5.39 Å². The van der Waals surface area contributed by atoms with Crippen molar-refractivity contribution in [2.24, 2.45) is 5.92 Å². The standard InChI is InChI=1S/C17H17N3O3S/c1-17(9-3-2-4-10-17)24(22,23)20-16-13(6-5-11-18-16)14(19-20)15(21)12-7-8-12/h2-6,9,11-12H,7-8,10H2,1H3. The fourth-order valence-electron chi connectivity index (χ4n) is 2.91. The van der Waals surface area contributed by atoms with Gasteiger partial charge in [-0.15, -0.1) is 4.09 Å². The highest BCUT2D eigenvalue weighted by molar-refractivity contribution is 7.91. The van der Waals surface area contributed by atoms with E-state index in [4.69, 9.17) is 0 Å². The number of nitrogens with zero attached hydrogens (tertiary/aromatic N) is 3. The molecule has 2 aromatic rings. The molecular weight excluding hydrogens is 326 g/mol. The molecule has 0 radical (unpaired) electrons. The van der Waals surface area contributed by atoms with E-state index >= 15 is 0 Å². The zero-order chi connectivity index (χ0) is 16.9. The Hall–Kier alpha value is -2.28. The van der Waals surface area contributed by atoms with Crippen LogP contribution in [-0.2, 0) is 10.0 Å². The molecule has 0 N–H and O–H groups in total. The molecule has 6 nitrogen and oxygen atoms in total. The molecule has 1 fully saturated rings. The van der Waals surface area contributed by atoms with Crippen molar-refractivity contribution in [1.82, 2.24) is 14.2 Å². The minimum atomic E-state index is -3.85. The van der Waals surface area contributed by atoms with Crippen LogP contribution >= 0.6 is 0 Å². The molecular formula is C17H17N3O3S. The van der Waals surface area contributed by atoms with E-state index < -0.39 is 14.8 Å². The number of rotatable bonds is 4. The molecule has 0 aliphatic heterocycles. The lowest BCUT2D eigenvalue weighted by molar-refractivity contribution is 0.0964. The van der Waals surface area contributed by atoms with Crippen molar-refractivity contribution in [1.29, 1.82) is 0 Å². The van der Waals surface area contributed by atoms with Crippen LogP contribution in [0.25, 0.3) is 11.0 Å². The number of fused-ring (bicyclic) bond motifs is 1. The first kappa shape index (κ1) is 15.3. The van der Waals surface area contributed by atoms with Gasteiger partial charge in [-0.1, -0.05) is 24.3 Å². The molecule has 2 aliphatic rings. The number of carbonyl (C=O) groups is 1. The lowest BCUT2D eigenvalue weighted by Crippen LogP contribution is -2.38. The normalized spacial score (nSPS) is 23.7. The van der Waals surface area contributed by atoms with Crippen LogP contribution in [0.3, 0.4) is 0 Å². The van der Waals surface area contributed by atoms with Crippen molar-refractivity contribution < 1.29 is 13.2 Å². The molecule has 7 heteroatoms. The van der Waals surface area contributed by atoms with Gasteiger partial charge in [-0.2, -0.15) is 5.10 Å². The van der Waals surface area contributed by atoms with Gasteiger partial charge < -0.3 is 0 Å². The van der Waals surface area contributed by atoms with Gasteiger partial charge >= 0.3 is 0 Å². The molecule has 2 aliphatic carbocycles. The summed E-state index contributed by atoms with van der Waals surface area (Å²) in [5.74, 6) is -0.126. The van der Waals surface area contributed by atoms with E-state index in [0.717, 1.165) is 16.9 Å². The summed E-state index contributed by atoms with van der Waals surface area (Å²) in [6.45, 7) is 1.65. The maximum Gasteiger partial charge on any atom is 0.265 e. The predicted molar refractivity (Wildman–Crippen MR) is 90.2 cm³/mol. The van der Waals surface area contributed by atoms with Crippen molar-refractivity contribution >= 4 is 26.8 Å². The molecule has 0 saturated heterocycles. The van der Waals surface area contributed by atoms with Gasteiger partial charge in [-0.3, -0.25) is 4.79 Å². The molecule has 0 spiro atoms. The van der Waals surface area contributed by atoms with E-state index in [0.29, 0.717) is 11.8 Å². The third-order valence-corrected chi connectivity index (χ3v) is 6.82. The van der Waals surface area contributed by atoms with Crippen LogP contribution in [0.1, 0.15) is 36.7 Å². The monoisotopic (exact) mass is 343 g/mol. The Kier molecular flexibility index (Phi) is 3.25. The summed E-state index contributed by atoms with van der Waals surface area (Å²) in [5, 5.41) is 4.70. The molecule has 0 aromatic carbocycles. The second-order valence-corrected chi connectivity index (χ2v) is 8.74. The van der Waals surface area contributed by atoms with Crippen LogP contribution in [0, 0.1) is 5.92 Å². The minimum Gasteiger partial charge on any atom is -0.292 e. The highest BCUT2D eigenvalue weighted by Crippen LogP contribution is 2.35. The van der Waals surface area contributed by atoms with Crippen LogP contribution in [0.5, 0.6) is 0 Å². The van der Waals surface area contributed by atoms with Crippen LogP contribution in [0.2, 0.25) is 0 Å². The number of allylic oxidation sites excluding steroid dienone is 3. The van der Waals surface area contributed by atoms with Gasteiger partial charge in [-0.25, -0.2) is 13.4 Å². The smallest absolute Gasteiger partial charge is 0.265 e. The molecule has 0 amide bonds. The average Bonchev–Trinajstić information content (AvgIpc) is 3.35. The molecule has 4 rings (SSSR count). The molecule has 2 aromatic heterocycles. The van der Waals surface area contributed by atoms with Crippen LogP contribution in [0.15, 0.2) is 42.6 Å². The van der Waals surface area contributed by atoms with E-state index in [2.05, 4.69) is 10.1 Å². The predicted octanol–water partition coefficient (Wildman–Crippen LogP) is 2.48. The number of pyridine rings is 1. The summed E-state index contributed by atoms with van der Waals surface area (Å²) in [7, 11) is -3.85. The van der Waals surface area contributed by atoms with Crippen molar-refractivity contribution in [2.45, 2.75) is 30.9 Å². The van der Waals surface area contributed by atoms with Gasteiger partial charge in [0.1, 0.15) is 10.4 Å². The largest absolute Gasteiger partial charge is 0.292 e. The van der Waals surface area contributed by atoms with Crippen LogP contribution in [-0.4, -0.2) is 33.1 Å². The Bertz CT molecular complexity index is 999. The van der Waals surface area contributed by atoms with Crippen molar-refractivity contribution in [3.8, 4) is 0 Å². The summed E-state index contributed by atoms with van der Waals surface area (Å²) in [6, 6.07) is 3.39. The highest BCUT2D eigenvalue weighted by atomic mass is 32.2. The van der Waals surface area contributed by atoms with Gasteiger partial charge in [0, 0.05) is 12.1 Å². The number of Topliss-reactive ketones (excluding diaryl/α,β-unsaturated/α-hetero) is 1. The summed E-state index contributed by atoms with van der Waals surface area (Å²) in [6.07, 6.45) is 10.5. The molecule has 1 saturated carbocycles. The van der Waals surface area contributed by atoms with E-state index in [-0.39, 0.29) is 23.0 Å². The second-order valence-electron chi connectivity index (χ2n) is 6.51. The number of carbonyl (C=O) groups excluding carboxylic acids is 1. The number of aromatic nitrogens is 3. The third kappa shape index (κ3) is 2.15. The van der Waals surface area contributed by atoms with Crippen LogP contribution in [0.4, 0.5) is 0 Å². The highest BCUT2D eigenvalue weighted by Gasteiger charge is 2.41. The first-order chi connectivity index (χ1) is 11.4. The maximum absolute atomic E-state index is 13.2. The Morgan fingerprint density at radius 3 is 2.79 bits per heavy atom. The van der Waals surface area contributed by atoms with Gasteiger partial charge in [0.15, 0.2) is 11.4 Å². The van der Waals surface area contributed by atoms with E-state index in [9.17, 15) is 13.2 Å². The Balaban J connectivity index is 1.92. The van der Waals surface area contributed by atoms with Crippen LogP contribution < -0.4 is 0 Å². The van der Waals surface area contributed by atoms with Gasteiger partial charge in [0.25, 0.3) is 10.0 Å². The lowest BCUT2D eigenvalue weighted by atomic mass is 10.0. The number of hydrogen-bond acceptors (Lipinski definition) is 5. The van der Waals surface area contributed by atoms with Crippen molar-refractivity contribution in [3.63, 3.8) is 0 Å². The first-order valence-electron chi connectivity index (χ1n) is 7.91. The Morgan fingerprint density at radius 1 is 1.33 bits per heavy atom. The third-order valence-electron chi connectivity index (χ3n) is 4.63. The fraction of sp³-hybridized carbons (Fsp3) is 0.353. The lowest BCUT2D eigenvalue weighted by Gasteiger charge is -2.25. The topological polar surface area (TPSA) is 81.9 Å². The fourth-order valence-corrected chi connectivity index (χ4v) is 4.43. The number of ketones is 1. The minimum absolute atomic E-state index is 0.0347. The summed E-state index contributed by atoms with van der Waals surface area (Å²) in [4.78, 5) is 16.7. The second kappa shape index (κ2) is 5.11. The average molecular weight is 343 g/mol. The van der Waals surface area contributed by atoms with E-state index in [1.807, 2.05) is 12.2 Å². The maximum atomic E-state index is 13.2. The Morgan fingerprint density at radius 2 is 2.12 bits per heavy atom. The first-order valence-corrected chi connectivity index (χ1v) is 9.35. The molecule has 0 bridgehead atoms. The summed E-state index contributed by atoms with van der Waals surface area (Å²) < 4.78 is 26.2. The molecule has 24 heavy (non-hydrogen) atoms. The van der Waals surface area contributed by atoms with E-state index in [1.54, 1.807) is 31.2 Å². The number of hydrogen-bond donors (Lipinski definition) is 0. The molecule has 2 heterocycles. The molecule has 1 unspecified atom stereocenters. The SMILES string of the molecule is CC1(S(=O)(=O)n2nc(C(=O)C3CC3)c3cccnc32)C=CC=CC1. The molecule has 1 atom stereocenters. The van der Waals surface area contributed by atoms with Crippen molar-refractivity contribution in [2.75, 3.05) is 0 Å². The van der Waals surface area contributed by atoms with Crippen molar-refractivity contribution in [3.05, 3.63) is 48.3 Å². The zero-order valence-electron chi connectivity index (χ0n) is 13.2. The summed E-state index contributed by atoms with van der Waals surface area (Å²) in [5.41, 5.74) is 0.425. The quantitative estimate of drug-likeness (QED) is 0.797. The van der Waals surface area contributed by atoms with Gasteiger partial charge in [-0.05, 0) is 38.3 Å². The summed E-state index contributed by atoms with van der Waals surface area (Å²) >= 11 is 0. The van der Waals surface area contributed by atoms with E-state index in [1.165, 1.54) is 6.20 Å². The molecule has 124 valence electrons. The zero-order valence-corrected chi connectivity index (χ0v) is 14.0. The Labute approximate surface area is 139 Å². The van der Waals surface area contributed by atoms with Gasteiger partial charge in [0.2, 0.25) is 0 Å².